The Morgan fingerprint density at radius 1 is 1.26 bits per heavy atom. The van der Waals surface area contributed by atoms with Crippen LogP contribution in [-0.4, -0.2) is 12.5 Å². The highest BCUT2D eigenvalue weighted by Gasteiger charge is 2.16. The van der Waals surface area contributed by atoms with Crippen LogP contribution >= 0.6 is 0 Å². The Morgan fingerprint density at radius 3 is 2.63 bits per heavy atom. The molecule has 1 aromatic carbocycles. The van der Waals surface area contributed by atoms with Crippen molar-refractivity contribution in [2.45, 2.75) is 13.8 Å². The minimum atomic E-state index is -0.463. The Hall–Kier alpha value is -2.36. The molecule has 0 unspecified atom stereocenters. The summed E-state index contributed by atoms with van der Waals surface area (Å²) in [6, 6.07) is 10.4. The maximum absolute atomic E-state index is 12.4. The zero-order valence-corrected chi connectivity index (χ0v) is 10.9. The topological polar surface area (TPSA) is 50.5 Å². The Balaban J connectivity index is 2.34. The maximum Gasteiger partial charge on any atom is 0.335 e. The van der Waals surface area contributed by atoms with E-state index in [4.69, 9.17) is 4.42 Å². The molecule has 0 aliphatic rings. The van der Waals surface area contributed by atoms with E-state index in [2.05, 4.69) is 0 Å². The molecule has 4 heteroatoms. The minimum Gasteiger partial charge on any atom is -0.430 e. The molecule has 0 N–H and O–H groups in total. The van der Waals surface area contributed by atoms with E-state index in [1.165, 1.54) is 18.4 Å². The van der Waals surface area contributed by atoms with Crippen LogP contribution in [0.25, 0.3) is 0 Å². The van der Waals surface area contributed by atoms with E-state index in [1.54, 1.807) is 4.90 Å². The molecule has 4 nitrogen and oxygen atoms in total. The minimum absolute atomic E-state index is 0.183. The number of anilines is 1. The van der Waals surface area contributed by atoms with Gasteiger partial charge in [-0.3, -0.25) is 4.79 Å². The van der Waals surface area contributed by atoms with Gasteiger partial charge in [-0.15, -0.1) is 0 Å². The first-order chi connectivity index (χ1) is 9.11. The average Bonchev–Trinajstić information content (AvgIpc) is 2.40. The standard InChI is InChI=1S/C15H15NO3/c1-3-16(13-6-4-5-11(2)9-13)15(18)12-7-8-14(17)19-10-12/h4-10H,3H2,1-2H3. The molecule has 0 spiro atoms. The van der Waals surface area contributed by atoms with Gasteiger partial charge in [0.25, 0.3) is 5.91 Å². The highest BCUT2D eigenvalue weighted by molar-refractivity contribution is 6.05. The molecular weight excluding hydrogens is 242 g/mol. The van der Waals surface area contributed by atoms with E-state index in [0.717, 1.165) is 11.3 Å². The SMILES string of the molecule is CCN(C(=O)c1ccc(=O)oc1)c1cccc(C)c1. The van der Waals surface area contributed by atoms with Crippen LogP contribution in [0, 0.1) is 6.92 Å². The number of carbonyl (C=O) groups excluding carboxylic acids is 1. The number of nitrogens with zero attached hydrogens (tertiary/aromatic N) is 1. The number of amides is 1. The molecule has 2 aromatic rings. The zero-order chi connectivity index (χ0) is 13.8. The first-order valence-corrected chi connectivity index (χ1v) is 6.09. The van der Waals surface area contributed by atoms with Gasteiger partial charge in [0.15, 0.2) is 0 Å². The highest BCUT2D eigenvalue weighted by atomic mass is 16.4. The maximum atomic E-state index is 12.4. The predicted octanol–water partition coefficient (Wildman–Crippen LogP) is 2.61. The molecule has 0 aliphatic heterocycles. The molecule has 0 saturated carbocycles. The Bertz CT molecular complexity index is 625. The molecule has 1 amide bonds. The van der Waals surface area contributed by atoms with Gasteiger partial charge in [-0.05, 0) is 37.6 Å². The first-order valence-electron chi connectivity index (χ1n) is 6.09. The molecule has 2 rings (SSSR count). The van der Waals surface area contributed by atoms with Gasteiger partial charge < -0.3 is 9.32 Å². The summed E-state index contributed by atoms with van der Waals surface area (Å²) >= 11 is 0. The van der Waals surface area contributed by atoms with E-state index in [0.29, 0.717) is 12.1 Å². The van der Waals surface area contributed by atoms with Crippen molar-refractivity contribution in [1.82, 2.24) is 0 Å². The number of benzene rings is 1. The molecule has 0 atom stereocenters. The second-order valence-corrected chi connectivity index (χ2v) is 4.23. The number of aryl methyl sites for hydroxylation is 1. The number of carbonyl (C=O) groups is 1. The molecule has 0 fully saturated rings. The van der Waals surface area contributed by atoms with Crippen LogP contribution in [0.1, 0.15) is 22.8 Å². The summed E-state index contributed by atoms with van der Waals surface area (Å²) in [7, 11) is 0. The van der Waals surface area contributed by atoms with E-state index >= 15 is 0 Å². The average molecular weight is 257 g/mol. The highest BCUT2D eigenvalue weighted by Crippen LogP contribution is 2.18. The smallest absolute Gasteiger partial charge is 0.335 e. The lowest BCUT2D eigenvalue weighted by Crippen LogP contribution is -2.30. The fourth-order valence-electron chi connectivity index (χ4n) is 1.87. The lowest BCUT2D eigenvalue weighted by Gasteiger charge is -2.21. The van der Waals surface area contributed by atoms with Crippen molar-refractivity contribution >= 4 is 11.6 Å². The first kappa shape index (κ1) is 13.1. The zero-order valence-electron chi connectivity index (χ0n) is 10.9. The lowest BCUT2D eigenvalue weighted by atomic mass is 10.2. The van der Waals surface area contributed by atoms with Crippen molar-refractivity contribution in [3.05, 3.63) is 64.2 Å². The second-order valence-electron chi connectivity index (χ2n) is 4.23. The Labute approximate surface area is 111 Å². The monoisotopic (exact) mass is 257 g/mol. The molecule has 0 saturated heterocycles. The Kier molecular flexibility index (Phi) is 3.80. The molecule has 0 radical (unpaired) electrons. The summed E-state index contributed by atoms with van der Waals surface area (Å²) in [5.41, 5.74) is 1.82. The summed E-state index contributed by atoms with van der Waals surface area (Å²) in [5.74, 6) is -0.183. The molecule has 0 bridgehead atoms. The molecule has 0 aliphatic carbocycles. The van der Waals surface area contributed by atoms with Crippen LogP contribution in [0.4, 0.5) is 5.69 Å². The molecule has 19 heavy (non-hydrogen) atoms. The van der Waals surface area contributed by atoms with E-state index < -0.39 is 5.63 Å². The van der Waals surface area contributed by atoms with Crippen LogP contribution < -0.4 is 10.5 Å². The van der Waals surface area contributed by atoms with E-state index in [-0.39, 0.29) is 5.91 Å². The fraction of sp³-hybridized carbons (Fsp3) is 0.200. The number of rotatable bonds is 3. The second kappa shape index (κ2) is 5.52. The van der Waals surface area contributed by atoms with Crippen molar-refractivity contribution in [3.8, 4) is 0 Å². The largest absolute Gasteiger partial charge is 0.430 e. The van der Waals surface area contributed by atoms with Crippen LogP contribution in [0.15, 0.2) is 51.9 Å². The van der Waals surface area contributed by atoms with Crippen LogP contribution in [0.2, 0.25) is 0 Å². The van der Waals surface area contributed by atoms with Gasteiger partial charge in [0.2, 0.25) is 0 Å². The van der Waals surface area contributed by atoms with Crippen molar-refractivity contribution in [1.29, 1.82) is 0 Å². The van der Waals surface area contributed by atoms with Gasteiger partial charge in [0, 0.05) is 18.3 Å². The van der Waals surface area contributed by atoms with Gasteiger partial charge in [-0.25, -0.2) is 4.79 Å². The van der Waals surface area contributed by atoms with Gasteiger partial charge in [-0.2, -0.15) is 0 Å². The van der Waals surface area contributed by atoms with Crippen molar-refractivity contribution in [2.24, 2.45) is 0 Å². The molecule has 1 heterocycles. The summed E-state index contributed by atoms with van der Waals surface area (Å²) in [5, 5.41) is 0. The van der Waals surface area contributed by atoms with Crippen LogP contribution in [0.3, 0.4) is 0 Å². The van der Waals surface area contributed by atoms with Gasteiger partial charge in [-0.1, -0.05) is 12.1 Å². The Morgan fingerprint density at radius 2 is 2.05 bits per heavy atom. The third-order valence-corrected chi connectivity index (χ3v) is 2.82. The predicted molar refractivity (Wildman–Crippen MR) is 73.5 cm³/mol. The van der Waals surface area contributed by atoms with Gasteiger partial charge >= 0.3 is 5.63 Å². The van der Waals surface area contributed by atoms with E-state index in [9.17, 15) is 9.59 Å². The quantitative estimate of drug-likeness (QED) is 0.849. The third kappa shape index (κ3) is 2.91. The summed E-state index contributed by atoms with van der Waals surface area (Å²) in [6.45, 7) is 4.42. The van der Waals surface area contributed by atoms with Gasteiger partial charge in [0.1, 0.15) is 6.26 Å². The van der Waals surface area contributed by atoms with Crippen molar-refractivity contribution in [2.75, 3.05) is 11.4 Å². The van der Waals surface area contributed by atoms with Crippen molar-refractivity contribution < 1.29 is 9.21 Å². The normalized spacial score (nSPS) is 10.2. The van der Waals surface area contributed by atoms with Gasteiger partial charge in [0.05, 0.1) is 5.56 Å². The van der Waals surface area contributed by atoms with E-state index in [1.807, 2.05) is 38.1 Å². The number of hydrogen-bond acceptors (Lipinski definition) is 3. The summed E-state index contributed by atoms with van der Waals surface area (Å²) < 4.78 is 4.73. The number of hydrogen-bond donors (Lipinski definition) is 0. The molecule has 1 aromatic heterocycles. The molecular formula is C15H15NO3. The van der Waals surface area contributed by atoms with Crippen molar-refractivity contribution in [3.63, 3.8) is 0 Å². The fourth-order valence-corrected chi connectivity index (χ4v) is 1.87. The summed E-state index contributed by atoms with van der Waals surface area (Å²) in [4.78, 5) is 24.9. The van der Waals surface area contributed by atoms with Crippen LogP contribution in [-0.2, 0) is 0 Å². The lowest BCUT2D eigenvalue weighted by molar-refractivity contribution is 0.0986. The summed E-state index contributed by atoms with van der Waals surface area (Å²) in [6.07, 6.45) is 1.20. The third-order valence-electron chi connectivity index (χ3n) is 2.82. The van der Waals surface area contributed by atoms with Crippen LogP contribution in [0.5, 0.6) is 0 Å². The molecule has 98 valence electrons.